The normalized spacial score (nSPS) is 13.1. The second-order valence-electron chi connectivity index (χ2n) is 5.12. The molecule has 0 saturated heterocycles. The Kier molecular flexibility index (Phi) is 4.45. The number of hydrogen-bond acceptors (Lipinski definition) is 4. The van der Waals surface area contributed by atoms with Gasteiger partial charge in [0, 0.05) is 17.6 Å². The second-order valence-corrected chi connectivity index (χ2v) is 5.12. The van der Waals surface area contributed by atoms with Crippen molar-refractivity contribution in [2.75, 3.05) is 13.6 Å². The zero-order chi connectivity index (χ0) is 13.8. The standard InChI is InChI=1S/C15H21N3O/c1-11(19)8-9-18(3)10-15-16-12(2)13-6-4-5-7-14(13)17-15/h4-7,11,19H,8-10H2,1-3H3. The third kappa shape index (κ3) is 3.72. The zero-order valence-corrected chi connectivity index (χ0v) is 11.8. The molecule has 2 rings (SSSR count). The van der Waals surface area contributed by atoms with Crippen LogP contribution in [0.25, 0.3) is 10.9 Å². The van der Waals surface area contributed by atoms with Gasteiger partial charge in [-0.3, -0.25) is 4.90 Å². The number of rotatable bonds is 5. The van der Waals surface area contributed by atoms with Gasteiger partial charge in [0.25, 0.3) is 0 Å². The van der Waals surface area contributed by atoms with Crippen molar-refractivity contribution in [1.82, 2.24) is 14.9 Å². The fourth-order valence-electron chi connectivity index (χ4n) is 2.09. The molecule has 2 aromatic rings. The van der Waals surface area contributed by atoms with Gasteiger partial charge in [-0.2, -0.15) is 0 Å². The van der Waals surface area contributed by atoms with Crippen LogP contribution in [0.1, 0.15) is 24.9 Å². The van der Waals surface area contributed by atoms with Crippen molar-refractivity contribution in [3.8, 4) is 0 Å². The Bertz CT molecular complexity index is 554. The topological polar surface area (TPSA) is 49.2 Å². The van der Waals surface area contributed by atoms with E-state index in [1.807, 2.05) is 45.2 Å². The molecule has 19 heavy (non-hydrogen) atoms. The SMILES string of the molecule is Cc1nc(CN(C)CCC(C)O)nc2ccccc12. The Balaban J connectivity index is 2.12. The van der Waals surface area contributed by atoms with Gasteiger partial charge in [-0.15, -0.1) is 0 Å². The van der Waals surface area contributed by atoms with Crippen LogP contribution in [0.15, 0.2) is 24.3 Å². The van der Waals surface area contributed by atoms with Crippen LogP contribution in [0.5, 0.6) is 0 Å². The number of aliphatic hydroxyl groups excluding tert-OH is 1. The lowest BCUT2D eigenvalue weighted by atomic mass is 10.2. The quantitative estimate of drug-likeness (QED) is 0.893. The summed E-state index contributed by atoms with van der Waals surface area (Å²) in [6, 6.07) is 8.07. The number of hydrogen-bond donors (Lipinski definition) is 1. The van der Waals surface area contributed by atoms with Crippen LogP contribution in [0.2, 0.25) is 0 Å². The van der Waals surface area contributed by atoms with E-state index in [9.17, 15) is 5.11 Å². The molecule has 0 spiro atoms. The molecule has 0 radical (unpaired) electrons. The summed E-state index contributed by atoms with van der Waals surface area (Å²) < 4.78 is 0. The highest BCUT2D eigenvalue weighted by molar-refractivity contribution is 5.80. The van der Waals surface area contributed by atoms with E-state index in [0.717, 1.165) is 35.4 Å². The maximum Gasteiger partial charge on any atom is 0.143 e. The van der Waals surface area contributed by atoms with Crippen LogP contribution < -0.4 is 0 Å². The molecule has 1 heterocycles. The first-order chi connectivity index (χ1) is 9.06. The third-order valence-electron chi connectivity index (χ3n) is 3.18. The van der Waals surface area contributed by atoms with Crippen molar-refractivity contribution in [3.63, 3.8) is 0 Å². The minimum absolute atomic E-state index is 0.262. The molecule has 0 fully saturated rings. The molecule has 1 aromatic heterocycles. The first-order valence-corrected chi connectivity index (χ1v) is 6.65. The summed E-state index contributed by atoms with van der Waals surface area (Å²) in [5.41, 5.74) is 2.01. The van der Waals surface area contributed by atoms with Crippen LogP contribution in [-0.2, 0) is 6.54 Å². The molecule has 0 bridgehead atoms. The molecule has 0 aliphatic heterocycles. The molecule has 4 nitrogen and oxygen atoms in total. The van der Waals surface area contributed by atoms with Crippen LogP contribution in [-0.4, -0.2) is 39.7 Å². The summed E-state index contributed by atoms with van der Waals surface area (Å²) in [6.45, 7) is 5.37. The summed E-state index contributed by atoms with van der Waals surface area (Å²) in [6.07, 6.45) is 0.505. The van der Waals surface area contributed by atoms with Gasteiger partial charge in [0.05, 0.1) is 18.2 Å². The third-order valence-corrected chi connectivity index (χ3v) is 3.18. The number of benzene rings is 1. The van der Waals surface area contributed by atoms with Crippen LogP contribution in [0, 0.1) is 6.92 Å². The smallest absolute Gasteiger partial charge is 0.143 e. The molecule has 0 amide bonds. The van der Waals surface area contributed by atoms with Crippen molar-refractivity contribution in [2.24, 2.45) is 0 Å². The predicted molar refractivity (Wildman–Crippen MR) is 76.9 cm³/mol. The van der Waals surface area contributed by atoms with E-state index in [1.165, 1.54) is 0 Å². The predicted octanol–water partition coefficient (Wildman–Crippen LogP) is 2.14. The molecule has 1 unspecified atom stereocenters. The van der Waals surface area contributed by atoms with E-state index in [4.69, 9.17) is 0 Å². The highest BCUT2D eigenvalue weighted by atomic mass is 16.3. The molecule has 102 valence electrons. The van der Waals surface area contributed by atoms with Crippen molar-refractivity contribution in [2.45, 2.75) is 32.9 Å². The number of aromatic nitrogens is 2. The minimum atomic E-state index is -0.262. The van der Waals surface area contributed by atoms with E-state index < -0.39 is 0 Å². The van der Waals surface area contributed by atoms with Crippen molar-refractivity contribution < 1.29 is 5.11 Å². The number of nitrogens with zero attached hydrogens (tertiary/aromatic N) is 3. The Hall–Kier alpha value is -1.52. The van der Waals surface area contributed by atoms with E-state index in [0.29, 0.717) is 6.54 Å². The summed E-state index contributed by atoms with van der Waals surface area (Å²) in [5.74, 6) is 0.837. The molecule has 1 aromatic carbocycles. The van der Waals surface area contributed by atoms with Crippen LogP contribution >= 0.6 is 0 Å². The molecule has 0 aliphatic carbocycles. The maximum atomic E-state index is 9.29. The van der Waals surface area contributed by atoms with Crippen molar-refractivity contribution >= 4 is 10.9 Å². The van der Waals surface area contributed by atoms with E-state index >= 15 is 0 Å². The summed E-state index contributed by atoms with van der Waals surface area (Å²) in [5, 5.41) is 10.4. The number of fused-ring (bicyclic) bond motifs is 1. The van der Waals surface area contributed by atoms with Gasteiger partial charge in [0.2, 0.25) is 0 Å². The van der Waals surface area contributed by atoms with E-state index in [1.54, 1.807) is 0 Å². The monoisotopic (exact) mass is 259 g/mol. The van der Waals surface area contributed by atoms with E-state index in [2.05, 4.69) is 14.9 Å². The number of aliphatic hydroxyl groups is 1. The van der Waals surface area contributed by atoms with Gasteiger partial charge in [0.15, 0.2) is 0 Å². The average molecular weight is 259 g/mol. The summed E-state index contributed by atoms with van der Waals surface area (Å²) in [7, 11) is 2.02. The average Bonchev–Trinajstić information content (AvgIpc) is 2.36. The van der Waals surface area contributed by atoms with Gasteiger partial charge >= 0.3 is 0 Å². The Labute approximate surface area is 114 Å². The van der Waals surface area contributed by atoms with Gasteiger partial charge in [-0.05, 0) is 33.4 Å². The van der Waals surface area contributed by atoms with Crippen molar-refractivity contribution in [3.05, 3.63) is 35.8 Å². The fraction of sp³-hybridized carbons (Fsp3) is 0.467. The Morgan fingerprint density at radius 3 is 2.74 bits per heavy atom. The largest absolute Gasteiger partial charge is 0.393 e. The highest BCUT2D eigenvalue weighted by Crippen LogP contribution is 2.15. The first kappa shape index (κ1) is 13.9. The fourth-order valence-corrected chi connectivity index (χ4v) is 2.09. The molecule has 4 heteroatoms. The minimum Gasteiger partial charge on any atom is -0.393 e. The zero-order valence-electron chi connectivity index (χ0n) is 11.8. The van der Waals surface area contributed by atoms with E-state index in [-0.39, 0.29) is 6.10 Å². The lowest BCUT2D eigenvalue weighted by Gasteiger charge is -2.17. The van der Waals surface area contributed by atoms with Gasteiger partial charge in [0.1, 0.15) is 5.82 Å². The number of para-hydroxylation sites is 1. The van der Waals surface area contributed by atoms with Crippen molar-refractivity contribution in [1.29, 1.82) is 0 Å². The van der Waals surface area contributed by atoms with Crippen LogP contribution in [0.3, 0.4) is 0 Å². The molecular formula is C15H21N3O. The van der Waals surface area contributed by atoms with Gasteiger partial charge in [-0.1, -0.05) is 18.2 Å². The lowest BCUT2D eigenvalue weighted by Crippen LogP contribution is -2.23. The molecule has 0 aliphatic rings. The molecule has 1 atom stereocenters. The van der Waals surface area contributed by atoms with Crippen LogP contribution in [0.4, 0.5) is 0 Å². The second kappa shape index (κ2) is 6.08. The molecule has 0 saturated carbocycles. The Morgan fingerprint density at radius 1 is 1.26 bits per heavy atom. The maximum absolute atomic E-state index is 9.29. The van der Waals surface area contributed by atoms with Gasteiger partial charge < -0.3 is 5.11 Å². The summed E-state index contributed by atoms with van der Waals surface area (Å²) in [4.78, 5) is 11.3. The highest BCUT2D eigenvalue weighted by Gasteiger charge is 2.07. The Morgan fingerprint density at radius 2 is 2.00 bits per heavy atom. The summed E-state index contributed by atoms with van der Waals surface area (Å²) >= 11 is 0. The lowest BCUT2D eigenvalue weighted by molar-refractivity contribution is 0.162. The number of aryl methyl sites for hydroxylation is 1. The molecule has 1 N–H and O–H groups in total. The molecular weight excluding hydrogens is 238 g/mol. The first-order valence-electron chi connectivity index (χ1n) is 6.65. The van der Waals surface area contributed by atoms with Gasteiger partial charge in [-0.25, -0.2) is 9.97 Å².